The molecule has 11 rings (SSSR count). The zero-order chi connectivity index (χ0) is 44.2. The smallest absolute Gasteiger partial charge is 0.329 e. The van der Waals surface area contributed by atoms with Gasteiger partial charge in [-0.25, -0.2) is 31.9 Å². The first-order valence-electron chi connectivity index (χ1n) is 22.1. The standard InChI is InChI=1S/C43H48F4N12O5/c1-53-37-28(3-2-4-31(37)59(42(53)63)32-9-10-35(60)51-41(32)62)23-17-55(18-23)33-11-13-54(22-43(33,46)47)24-5-7-25(8-6-24)58-20-30(36(52-58)38(44)45)49-40(61)29-16-48-57-14-12-34(50-39(29)57)56-19-27-15-26(56)21-64-27/h2-4,12,14,16,20,23-27,32-33,38H,5-11,13,15,17-19,21-22H2,1H3,(H,49,61)(H,51,60,62)/t24-,25-,26-,27-,32?,33?/m1/s1. The van der Waals surface area contributed by atoms with Gasteiger partial charge in [0.2, 0.25) is 11.8 Å². The van der Waals surface area contributed by atoms with E-state index in [1.165, 1.54) is 30.7 Å². The van der Waals surface area contributed by atoms with Gasteiger partial charge in [-0.15, -0.1) is 0 Å². The average Bonchev–Trinajstić information content (AvgIpc) is 4.11. The number of carbonyl (C=O) groups excluding carboxylic acids is 3. The van der Waals surface area contributed by atoms with Crippen LogP contribution in [0.3, 0.4) is 0 Å². The van der Waals surface area contributed by atoms with E-state index in [-0.39, 0.29) is 78.8 Å². The van der Waals surface area contributed by atoms with Crippen molar-refractivity contribution in [1.29, 1.82) is 0 Å². The molecule has 4 atom stereocenters. The number of hydrogen-bond donors (Lipinski definition) is 2. The molecule has 1 aromatic carbocycles. The number of piperidine rings is 2. The molecule has 6 aliphatic rings. The largest absolute Gasteiger partial charge is 0.374 e. The van der Waals surface area contributed by atoms with Crippen LogP contribution in [0.5, 0.6) is 0 Å². The highest BCUT2D eigenvalue weighted by molar-refractivity contribution is 6.08. The minimum atomic E-state index is -2.98. The number of halogens is 4. The quantitative estimate of drug-likeness (QED) is 0.162. The van der Waals surface area contributed by atoms with Crippen LogP contribution in [0.25, 0.3) is 16.7 Å². The van der Waals surface area contributed by atoms with Gasteiger partial charge in [-0.1, -0.05) is 12.1 Å². The van der Waals surface area contributed by atoms with E-state index in [9.17, 15) is 28.0 Å². The molecule has 1 saturated carbocycles. The molecule has 3 amide bonds. The summed E-state index contributed by atoms with van der Waals surface area (Å²) in [5.41, 5.74) is 1.52. The zero-order valence-electron chi connectivity index (χ0n) is 35.1. The Hall–Kier alpha value is -5.67. The fourth-order valence-electron chi connectivity index (χ4n) is 11.3. The van der Waals surface area contributed by atoms with Crippen LogP contribution < -0.4 is 21.2 Å². The number of rotatable bonds is 9. The summed E-state index contributed by atoms with van der Waals surface area (Å²) < 4.78 is 72.4. The van der Waals surface area contributed by atoms with Gasteiger partial charge in [0.1, 0.15) is 17.4 Å². The highest BCUT2D eigenvalue weighted by Crippen LogP contribution is 2.42. The van der Waals surface area contributed by atoms with E-state index in [1.54, 1.807) is 19.3 Å². The Kier molecular flexibility index (Phi) is 9.95. The van der Waals surface area contributed by atoms with E-state index in [2.05, 4.69) is 25.7 Å². The molecular weight excluding hydrogens is 841 g/mol. The van der Waals surface area contributed by atoms with Gasteiger partial charge in [-0.3, -0.25) is 43.3 Å². The number of morpholine rings is 1. The Labute approximate surface area is 363 Å². The fourth-order valence-corrected chi connectivity index (χ4v) is 11.3. The van der Waals surface area contributed by atoms with Crippen molar-refractivity contribution >= 4 is 45.9 Å². The van der Waals surface area contributed by atoms with Gasteiger partial charge < -0.3 is 15.0 Å². The van der Waals surface area contributed by atoms with E-state index < -0.39 is 41.9 Å². The van der Waals surface area contributed by atoms with Crippen LogP contribution in [0.4, 0.5) is 29.1 Å². The van der Waals surface area contributed by atoms with Gasteiger partial charge in [-0.2, -0.15) is 10.2 Å². The number of fused-ring (bicyclic) bond motifs is 4. The number of ether oxygens (including phenoxy) is 1. The summed E-state index contributed by atoms with van der Waals surface area (Å²) in [6, 6.07) is 5.44. The molecule has 6 fully saturated rings. The first-order valence-corrected chi connectivity index (χ1v) is 22.1. The number of aryl methyl sites for hydroxylation is 1. The predicted octanol–water partition coefficient (Wildman–Crippen LogP) is 4.02. The number of nitrogens with one attached hydrogen (secondary N) is 2. The molecule has 2 bridgehead atoms. The Morgan fingerprint density at radius 3 is 2.50 bits per heavy atom. The first-order chi connectivity index (χ1) is 30.8. The summed E-state index contributed by atoms with van der Waals surface area (Å²) in [5, 5.41) is 13.4. The molecule has 9 heterocycles. The predicted molar refractivity (Wildman–Crippen MR) is 223 cm³/mol. The Balaban J connectivity index is 0.713. The van der Waals surface area contributed by atoms with Crippen LogP contribution in [0, 0.1) is 0 Å². The van der Waals surface area contributed by atoms with Gasteiger partial charge in [0.05, 0.1) is 60.3 Å². The van der Waals surface area contributed by atoms with E-state index in [1.807, 2.05) is 28.0 Å². The zero-order valence-corrected chi connectivity index (χ0v) is 35.1. The number of aromatic nitrogens is 7. The summed E-state index contributed by atoms with van der Waals surface area (Å²) in [7, 11) is 1.64. The molecule has 2 unspecified atom stereocenters. The third kappa shape index (κ3) is 6.88. The van der Waals surface area contributed by atoms with E-state index >= 15 is 8.78 Å². The van der Waals surface area contributed by atoms with Crippen molar-refractivity contribution in [2.45, 2.75) is 106 Å². The van der Waals surface area contributed by atoms with Crippen molar-refractivity contribution in [2.24, 2.45) is 7.05 Å². The average molecular weight is 889 g/mol. The second-order valence-corrected chi connectivity index (χ2v) is 18.3. The monoisotopic (exact) mass is 888 g/mol. The molecule has 2 N–H and O–H groups in total. The molecule has 338 valence electrons. The lowest BCUT2D eigenvalue weighted by Gasteiger charge is -2.51. The molecule has 5 aromatic rings. The number of benzene rings is 1. The molecular formula is C43H48F4N12O5. The van der Waals surface area contributed by atoms with Gasteiger partial charge >= 0.3 is 5.69 Å². The van der Waals surface area contributed by atoms with Crippen LogP contribution in [0.15, 0.2) is 47.7 Å². The summed E-state index contributed by atoms with van der Waals surface area (Å²) in [5.74, 6) is -3.89. The Morgan fingerprint density at radius 1 is 0.984 bits per heavy atom. The number of hydrogen-bond acceptors (Lipinski definition) is 11. The normalized spacial score (nSPS) is 27.8. The summed E-state index contributed by atoms with van der Waals surface area (Å²) in [6.45, 7) is 2.24. The van der Waals surface area contributed by atoms with Crippen molar-refractivity contribution in [2.75, 3.05) is 49.5 Å². The summed E-state index contributed by atoms with van der Waals surface area (Å²) >= 11 is 0. The van der Waals surface area contributed by atoms with E-state index in [0.29, 0.717) is 81.0 Å². The number of imidazole rings is 1. The van der Waals surface area contributed by atoms with Crippen LogP contribution >= 0.6 is 0 Å². The molecule has 64 heavy (non-hydrogen) atoms. The highest BCUT2D eigenvalue weighted by Gasteiger charge is 2.52. The van der Waals surface area contributed by atoms with Crippen molar-refractivity contribution < 1.29 is 36.7 Å². The topological polar surface area (TPSA) is 169 Å². The van der Waals surface area contributed by atoms with Crippen molar-refractivity contribution in [1.82, 2.24) is 48.6 Å². The lowest BCUT2D eigenvalue weighted by molar-refractivity contribution is -0.151. The number of imide groups is 1. The minimum Gasteiger partial charge on any atom is -0.374 e. The van der Waals surface area contributed by atoms with Crippen molar-refractivity contribution in [3.05, 3.63) is 70.2 Å². The number of likely N-dealkylation sites (tertiary alicyclic amines) is 2. The lowest BCUT2D eigenvalue weighted by atomic mass is 9.84. The lowest BCUT2D eigenvalue weighted by Crippen LogP contribution is -2.64. The summed E-state index contributed by atoms with van der Waals surface area (Å²) in [4.78, 5) is 62.1. The molecule has 0 spiro atoms. The number of carbonyl (C=O) groups is 3. The van der Waals surface area contributed by atoms with Gasteiger partial charge in [0.15, 0.2) is 11.3 Å². The number of alkyl halides is 4. The third-order valence-corrected chi connectivity index (χ3v) is 14.6. The first kappa shape index (κ1) is 41.1. The number of para-hydroxylation sites is 1. The number of amides is 3. The summed E-state index contributed by atoms with van der Waals surface area (Å²) in [6.07, 6.45) is 5.53. The maximum atomic E-state index is 16.1. The maximum Gasteiger partial charge on any atom is 0.329 e. The Morgan fingerprint density at radius 2 is 1.78 bits per heavy atom. The third-order valence-electron chi connectivity index (χ3n) is 14.6. The van der Waals surface area contributed by atoms with Crippen LogP contribution in [-0.4, -0.2) is 131 Å². The van der Waals surface area contributed by atoms with Crippen LogP contribution in [0.2, 0.25) is 0 Å². The molecule has 4 aromatic heterocycles. The molecule has 0 radical (unpaired) electrons. The van der Waals surface area contributed by atoms with E-state index in [4.69, 9.17) is 9.72 Å². The number of nitrogens with zero attached hydrogens (tertiary/aromatic N) is 10. The second kappa shape index (κ2) is 15.5. The molecule has 5 aliphatic heterocycles. The number of anilines is 2. The molecule has 17 nitrogen and oxygen atoms in total. The Bertz CT molecular complexity index is 2740. The van der Waals surface area contributed by atoms with Gasteiger partial charge in [0, 0.05) is 64.0 Å². The highest BCUT2D eigenvalue weighted by atomic mass is 19.3. The second-order valence-electron chi connectivity index (χ2n) is 18.3. The van der Waals surface area contributed by atoms with Crippen molar-refractivity contribution in [3.63, 3.8) is 0 Å². The SMILES string of the molecule is Cn1c(=O)n(C2CCC(=O)NC2=O)c2cccc(C3CN(C4CCN([C@H]5CC[C@H](n6cc(NC(=O)c7cnn8ccc(N9C[C@H]%10C[C@@H]9CO%10)nc78)c(C(F)F)n6)CC5)CC4(F)F)C3)c21. The van der Waals surface area contributed by atoms with Crippen LogP contribution in [-0.2, 0) is 21.4 Å². The fraction of sp³-hybridized carbons (Fsp3) is 0.558. The van der Waals surface area contributed by atoms with Crippen LogP contribution in [0.1, 0.15) is 97.4 Å². The van der Waals surface area contributed by atoms with Crippen molar-refractivity contribution in [3.8, 4) is 0 Å². The van der Waals surface area contributed by atoms with Gasteiger partial charge in [0.25, 0.3) is 18.3 Å². The molecule has 1 aliphatic carbocycles. The molecule has 5 saturated heterocycles. The minimum absolute atomic E-state index is 0.0834. The van der Waals surface area contributed by atoms with Gasteiger partial charge in [-0.05, 0) is 62.6 Å². The van der Waals surface area contributed by atoms with E-state index in [0.717, 1.165) is 12.0 Å². The maximum absolute atomic E-state index is 16.1. The molecule has 21 heteroatoms.